The average molecular weight is 218 g/mol. The molecule has 0 saturated carbocycles. The van der Waals surface area contributed by atoms with Crippen molar-refractivity contribution in [3.8, 4) is 0 Å². The van der Waals surface area contributed by atoms with Crippen LogP contribution in [0.15, 0.2) is 46.8 Å². The van der Waals surface area contributed by atoms with Gasteiger partial charge in [-0.15, -0.1) is 0 Å². The van der Waals surface area contributed by atoms with Crippen molar-refractivity contribution in [1.29, 1.82) is 0 Å². The molecule has 0 atom stereocenters. The third-order valence-corrected chi connectivity index (χ3v) is 2.71. The van der Waals surface area contributed by atoms with Gasteiger partial charge in [-0.2, -0.15) is 0 Å². The fourth-order valence-corrected chi connectivity index (χ4v) is 1.88. The van der Waals surface area contributed by atoms with Crippen molar-refractivity contribution >= 4 is 11.8 Å². The average Bonchev–Trinajstić information content (AvgIpc) is 2.31. The van der Waals surface area contributed by atoms with Gasteiger partial charge in [0.1, 0.15) is 11.4 Å². The van der Waals surface area contributed by atoms with E-state index >= 15 is 0 Å². The molecule has 2 heterocycles. The largest absolute Gasteiger partial charge is 0.325 e. The quantitative estimate of drug-likeness (QED) is 0.790. The molecule has 0 radical (unpaired) electrons. The van der Waals surface area contributed by atoms with Crippen molar-refractivity contribution in [2.24, 2.45) is 5.73 Å². The van der Waals surface area contributed by atoms with E-state index in [1.807, 2.05) is 18.2 Å². The summed E-state index contributed by atoms with van der Waals surface area (Å²) in [6.07, 6.45) is 5.01. The molecule has 2 rings (SSSR count). The third kappa shape index (κ3) is 2.74. The summed E-state index contributed by atoms with van der Waals surface area (Å²) in [4.78, 5) is 13.2. The van der Waals surface area contributed by atoms with E-state index < -0.39 is 0 Å². The molecule has 0 aliphatic heterocycles. The first kappa shape index (κ1) is 10.1. The Kier molecular flexibility index (Phi) is 3.26. The van der Waals surface area contributed by atoms with Gasteiger partial charge in [0.05, 0.1) is 5.69 Å². The fourth-order valence-electron chi connectivity index (χ4n) is 1.09. The Hall–Kier alpha value is -1.46. The Morgan fingerprint density at radius 3 is 2.87 bits per heavy atom. The number of nitrogens with zero attached hydrogens (tertiary/aromatic N) is 3. The first-order chi connectivity index (χ1) is 7.38. The van der Waals surface area contributed by atoms with Crippen LogP contribution in [0.4, 0.5) is 0 Å². The number of nitrogens with two attached hydrogens (primary N) is 1. The topological polar surface area (TPSA) is 64.7 Å². The van der Waals surface area contributed by atoms with Crippen molar-refractivity contribution in [2.45, 2.75) is 16.5 Å². The Morgan fingerprint density at radius 2 is 2.13 bits per heavy atom. The van der Waals surface area contributed by atoms with Gasteiger partial charge in [-0.1, -0.05) is 11.8 Å². The van der Waals surface area contributed by atoms with Crippen molar-refractivity contribution in [3.63, 3.8) is 0 Å². The molecule has 2 aromatic heterocycles. The standard InChI is InChI=1S/C10H10N4S/c11-6-8-5-9(1-4-13-8)15-10-2-3-12-7-14-10/h1-5,7H,6,11H2. The van der Waals surface area contributed by atoms with Crippen LogP contribution in [-0.2, 0) is 6.54 Å². The monoisotopic (exact) mass is 218 g/mol. The predicted octanol–water partition coefficient (Wildman–Crippen LogP) is 1.48. The normalized spacial score (nSPS) is 10.2. The number of hydrogen-bond donors (Lipinski definition) is 1. The molecule has 4 nitrogen and oxygen atoms in total. The molecule has 2 aromatic rings. The molecular formula is C10H10N4S. The Labute approximate surface area is 92.0 Å². The molecule has 0 aliphatic carbocycles. The van der Waals surface area contributed by atoms with Crippen LogP contribution in [0.5, 0.6) is 0 Å². The van der Waals surface area contributed by atoms with E-state index in [4.69, 9.17) is 5.73 Å². The minimum atomic E-state index is 0.457. The van der Waals surface area contributed by atoms with Crippen LogP contribution in [-0.4, -0.2) is 15.0 Å². The lowest BCUT2D eigenvalue weighted by Gasteiger charge is -2.01. The van der Waals surface area contributed by atoms with Gasteiger partial charge in [0.2, 0.25) is 0 Å². The second kappa shape index (κ2) is 4.86. The summed E-state index contributed by atoms with van der Waals surface area (Å²) in [6.45, 7) is 0.457. The maximum Gasteiger partial charge on any atom is 0.116 e. The summed E-state index contributed by atoms with van der Waals surface area (Å²) in [6, 6.07) is 5.77. The number of aromatic nitrogens is 3. The smallest absolute Gasteiger partial charge is 0.116 e. The molecule has 0 saturated heterocycles. The van der Waals surface area contributed by atoms with E-state index in [9.17, 15) is 0 Å². The number of pyridine rings is 1. The zero-order valence-electron chi connectivity index (χ0n) is 8.00. The molecule has 0 spiro atoms. The molecule has 2 N–H and O–H groups in total. The third-order valence-electron chi connectivity index (χ3n) is 1.77. The molecule has 0 fully saturated rings. The Morgan fingerprint density at radius 1 is 1.20 bits per heavy atom. The van der Waals surface area contributed by atoms with Crippen LogP contribution in [0.2, 0.25) is 0 Å². The molecule has 5 heteroatoms. The second-order valence-electron chi connectivity index (χ2n) is 2.84. The minimum absolute atomic E-state index is 0.457. The van der Waals surface area contributed by atoms with E-state index in [2.05, 4.69) is 15.0 Å². The van der Waals surface area contributed by atoms with E-state index in [1.165, 1.54) is 6.33 Å². The van der Waals surface area contributed by atoms with Crippen LogP contribution < -0.4 is 5.73 Å². The molecule has 0 aromatic carbocycles. The molecule has 76 valence electrons. The molecule has 0 unspecified atom stereocenters. The molecular weight excluding hydrogens is 208 g/mol. The van der Waals surface area contributed by atoms with E-state index in [0.717, 1.165) is 15.6 Å². The van der Waals surface area contributed by atoms with Crippen molar-refractivity contribution < 1.29 is 0 Å². The Bertz CT molecular complexity index is 432. The molecule has 0 amide bonds. The zero-order valence-corrected chi connectivity index (χ0v) is 8.81. The van der Waals surface area contributed by atoms with Gasteiger partial charge in [0, 0.05) is 23.8 Å². The van der Waals surface area contributed by atoms with Crippen LogP contribution in [0.25, 0.3) is 0 Å². The van der Waals surface area contributed by atoms with Crippen molar-refractivity contribution in [2.75, 3.05) is 0 Å². The maximum atomic E-state index is 5.51. The lowest BCUT2D eigenvalue weighted by molar-refractivity contribution is 0.975. The van der Waals surface area contributed by atoms with Gasteiger partial charge < -0.3 is 5.73 Å². The van der Waals surface area contributed by atoms with Gasteiger partial charge in [0.15, 0.2) is 0 Å². The highest BCUT2D eigenvalue weighted by molar-refractivity contribution is 7.99. The highest BCUT2D eigenvalue weighted by Gasteiger charge is 1.99. The van der Waals surface area contributed by atoms with Crippen LogP contribution in [0, 0.1) is 0 Å². The van der Waals surface area contributed by atoms with E-state index in [1.54, 1.807) is 24.2 Å². The predicted molar refractivity (Wildman–Crippen MR) is 58.3 cm³/mol. The lowest BCUT2D eigenvalue weighted by atomic mass is 10.3. The first-order valence-electron chi connectivity index (χ1n) is 4.47. The molecule has 0 aliphatic rings. The van der Waals surface area contributed by atoms with Gasteiger partial charge in [-0.25, -0.2) is 9.97 Å². The summed E-state index contributed by atoms with van der Waals surface area (Å²) in [7, 11) is 0. The van der Waals surface area contributed by atoms with Crippen molar-refractivity contribution in [1.82, 2.24) is 15.0 Å². The number of rotatable bonds is 3. The van der Waals surface area contributed by atoms with E-state index in [-0.39, 0.29) is 0 Å². The fraction of sp³-hybridized carbons (Fsp3) is 0.100. The van der Waals surface area contributed by atoms with E-state index in [0.29, 0.717) is 6.54 Å². The number of hydrogen-bond acceptors (Lipinski definition) is 5. The van der Waals surface area contributed by atoms with Gasteiger partial charge >= 0.3 is 0 Å². The van der Waals surface area contributed by atoms with Gasteiger partial charge in [-0.05, 0) is 18.2 Å². The summed E-state index contributed by atoms with van der Waals surface area (Å²) >= 11 is 1.57. The van der Waals surface area contributed by atoms with Crippen molar-refractivity contribution in [3.05, 3.63) is 42.6 Å². The second-order valence-corrected chi connectivity index (χ2v) is 3.93. The summed E-state index contributed by atoms with van der Waals surface area (Å²) in [5.74, 6) is 0. The summed E-state index contributed by atoms with van der Waals surface area (Å²) < 4.78 is 0. The summed E-state index contributed by atoms with van der Waals surface area (Å²) in [5, 5.41) is 0.916. The molecule has 0 bridgehead atoms. The van der Waals surface area contributed by atoms with Crippen LogP contribution in [0.3, 0.4) is 0 Å². The maximum absolute atomic E-state index is 5.51. The Balaban J connectivity index is 2.17. The van der Waals surface area contributed by atoms with Gasteiger partial charge in [-0.3, -0.25) is 4.98 Å². The van der Waals surface area contributed by atoms with Gasteiger partial charge in [0.25, 0.3) is 0 Å². The highest BCUT2D eigenvalue weighted by Crippen LogP contribution is 2.24. The zero-order chi connectivity index (χ0) is 10.5. The minimum Gasteiger partial charge on any atom is -0.325 e. The highest BCUT2D eigenvalue weighted by atomic mass is 32.2. The lowest BCUT2D eigenvalue weighted by Crippen LogP contribution is -1.98. The SMILES string of the molecule is NCc1cc(Sc2ccncn2)ccn1. The van der Waals surface area contributed by atoms with Crippen LogP contribution >= 0.6 is 11.8 Å². The molecule has 15 heavy (non-hydrogen) atoms. The van der Waals surface area contributed by atoms with Crippen LogP contribution in [0.1, 0.15) is 5.69 Å². The summed E-state index contributed by atoms with van der Waals surface area (Å²) in [5.41, 5.74) is 6.40. The first-order valence-corrected chi connectivity index (χ1v) is 5.29.